The van der Waals surface area contributed by atoms with E-state index in [1.54, 1.807) is 0 Å². The van der Waals surface area contributed by atoms with Crippen molar-refractivity contribution in [2.45, 2.75) is 45.1 Å². The third-order valence-corrected chi connectivity index (χ3v) is 3.47. The molecule has 4 heteroatoms. The van der Waals surface area contributed by atoms with Crippen LogP contribution in [-0.4, -0.2) is 50.1 Å². The minimum absolute atomic E-state index is 0.149. The molecule has 1 aliphatic rings. The molecule has 0 bridgehead atoms. The summed E-state index contributed by atoms with van der Waals surface area (Å²) in [6.07, 6.45) is 6.17. The van der Waals surface area contributed by atoms with Gasteiger partial charge in [-0.15, -0.1) is 0 Å². The van der Waals surface area contributed by atoms with Crippen LogP contribution in [0, 0.1) is 0 Å². The Morgan fingerprint density at radius 2 is 2.00 bits per heavy atom. The minimum Gasteiger partial charge on any atom is -0.352 e. The second-order valence-electron chi connectivity index (χ2n) is 4.98. The number of rotatable bonds is 7. The molecule has 0 aromatic rings. The normalized spacial score (nSPS) is 17.4. The van der Waals surface area contributed by atoms with Crippen LogP contribution < -0.4 is 10.6 Å². The molecular weight excluding hydrogens is 214 g/mol. The van der Waals surface area contributed by atoms with Gasteiger partial charge in [0.15, 0.2) is 0 Å². The molecule has 0 aromatic carbocycles. The molecule has 0 spiro atoms. The molecule has 0 unspecified atom stereocenters. The maximum atomic E-state index is 11.6. The molecule has 0 atom stereocenters. The lowest BCUT2D eigenvalue weighted by molar-refractivity contribution is -0.121. The Bertz CT molecular complexity index is 215. The lowest BCUT2D eigenvalue weighted by atomic mass is 9.95. The summed E-state index contributed by atoms with van der Waals surface area (Å²) in [6, 6.07) is 0.427. The quantitative estimate of drug-likeness (QED) is 0.653. The lowest BCUT2D eigenvalue weighted by Gasteiger charge is -2.23. The number of carbonyl (C=O) groups excluding carboxylic acids is 1. The molecule has 0 heterocycles. The van der Waals surface area contributed by atoms with Gasteiger partial charge in [-0.3, -0.25) is 4.79 Å². The maximum absolute atomic E-state index is 11.6. The SMILES string of the molecule is CCN(C)CCNCC(=O)NC1CCCCC1. The van der Waals surface area contributed by atoms with Crippen molar-refractivity contribution in [1.82, 2.24) is 15.5 Å². The number of hydrogen-bond acceptors (Lipinski definition) is 3. The molecular formula is C13H27N3O. The molecule has 2 N–H and O–H groups in total. The second kappa shape index (κ2) is 8.48. The largest absolute Gasteiger partial charge is 0.352 e. The zero-order valence-corrected chi connectivity index (χ0v) is 11.3. The molecule has 17 heavy (non-hydrogen) atoms. The molecule has 0 aromatic heterocycles. The van der Waals surface area contributed by atoms with Crippen LogP contribution in [0.3, 0.4) is 0 Å². The predicted molar refractivity (Wildman–Crippen MR) is 71.1 cm³/mol. The van der Waals surface area contributed by atoms with Crippen molar-refractivity contribution in [3.63, 3.8) is 0 Å². The van der Waals surface area contributed by atoms with Crippen molar-refractivity contribution in [3.8, 4) is 0 Å². The Hall–Kier alpha value is -0.610. The van der Waals surface area contributed by atoms with Crippen molar-refractivity contribution >= 4 is 5.91 Å². The van der Waals surface area contributed by atoms with Gasteiger partial charge in [0, 0.05) is 19.1 Å². The first-order valence-electron chi connectivity index (χ1n) is 6.91. The Labute approximate surface area is 105 Å². The summed E-state index contributed by atoms with van der Waals surface area (Å²) in [5, 5.41) is 6.29. The highest BCUT2D eigenvalue weighted by Gasteiger charge is 2.14. The molecule has 100 valence electrons. The van der Waals surface area contributed by atoms with Gasteiger partial charge in [-0.1, -0.05) is 26.2 Å². The van der Waals surface area contributed by atoms with E-state index in [1.807, 2.05) is 0 Å². The number of nitrogens with one attached hydrogen (secondary N) is 2. The summed E-state index contributed by atoms with van der Waals surface area (Å²) in [6.45, 7) is 5.51. The van der Waals surface area contributed by atoms with Gasteiger partial charge in [-0.2, -0.15) is 0 Å². The van der Waals surface area contributed by atoms with E-state index in [0.717, 1.165) is 32.5 Å². The highest BCUT2D eigenvalue weighted by molar-refractivity contribution is 5.78. The second-order valence-corrected chi connectivity index (χ2v) is 4.98. The van der Waals surface area contributed by atoms with Gasteiger partial charge in [0.2, 0.25) is 5.91 Å². The molecule has 0 aliphatic heterocycles. The monoisotopic (exact) mass is 241 g/mol. The zero-order chi connectivity index (χ0) is 12.5. The summed E-state index contributed by atoms with van der Waals surface area (Å²) in [4.78, 5) is 13.9. The molecule has 1 aliphatic carbocycles. The number of likely N-dealkylation sites (N-methyl/N-ethyl adjacent to an activating group) is 1. The Morgan fingerprint density at radius 1 is 1.29 bits per heavy atom. The van der Waals surface area contributed by atoms with E-state index < -0.39 is 0 Å². The molecule has 4 nitrogen and oxygen atoms in total. The van der Waals surface area contributed by atoms with E-state index >= 15 is 0 Å². The first kappa shape index (κ1) is 14.5. The fourth-order valence-electron chi connectivity index (χ4n) is 2.16. The van der Waals surface area contributed by atoms with Crippen LogP contribution in [0.2, 0.25) is 0 Å². The first-order chi connectivity index (χ1) is 8.22. The zero-order valence-electron chi connectivity index (χ0n) is 11.3. The van der Waals surface area contributed by atoms with Gasteiger partial charge in [-0.05, 0) is 26.4 Å². The van der Waals surface area contributed by atoms with Crippen LogP contribution in [0.1, 0.15) is 39.0 Å². The van der Waals surface area contributed by atoms with Crippen molar-refractivity contribution in [2.24, 2.45) is 0 Å². The first-order valence-corrected chi connectivity index (χ1v) is 6.91. The minimum atomic E-state index is 0.149. The van der Waals surface area contributed by atoms with Gasteiger partial charge in [0.05, 0.1) is 6.54 Å². The summed E-state index contributed by atoms with van der Waals surface area (Å²) in [7, 11) is 2.09. The van der Waals surface area contributed by atoms with Crippen LogP contribution in [0.5, 0.6) is 0 Å². The molecule has 1 rings (SSSR count). The summed E-state index contributed by atoms with van der Waals surface area (Å²) >= 11 is 0. The molecule has 1 saturated carbocycles. The third kappa shape index (κ3) is 6.64. The van der Waals surface area contributed by atoms with Gasteiger partial charge in [-0.25, -0.2) is 0 Å². The molecule has 0 saturated heterocycles. The number of carbonyl (C=O) groups is 1. The summed E-state index contributed by atoms with van der Waals surface area (Å²) < 4.78 is 0. The van der Waals surface area contributed by atoms with Crippen molar-refractivity contribution in [3.05, 3.63) is 0 Å². The smallest absolute Gasteiger partial charge is 0.234 e. The van der Waals surface area contributed by atoms with E-state index in [0.29, 0.717) is 12.6 Å². The topological polar surface area (TPSA) is 44.4 Å². The van der Waals surface area contributed by atoms with Crippen LogP contribution >= 0.6 is 0 Å². The number of amides is 1. The average Bonchev–Trinajstić information content (AvgIpc) is 2.35. The molecule has 1 fully saturated rings. The standard InChI is InChI=1S/C13H27N3O/c1-3-16(2)10-9-14-11-13(17)15-12-7-5-4-6-8-12/h12,14H,3-11H2,1-2H3,(H,15,17). The van der Waals surface area contributed by atoms with Crippen LogP contribution in [0.15, 0.2) is 0 Å². The van der Waals surface area contributed by atoms with E-state index in [2.05, 4.69) is 29.5 Å². The average molecular weight is 241 g/mol. The maximum Gasteiger partial charge on any atom is 0.234 e. The van der Waals surface area contributed by atoms with E-state index in [-0.39, 0.29) is 5.91 Å². The van der Waals surface area contributed by atoms with Crippen LogP contribution in [0.25, 0.3) is 0 Å². The highest BCUT2D eigenvalue weighted by atomic mass is 16.1. The fraction of sp³-hybridized carbons (Fsp3) is 0.923. The Balaban J connectivity index is 2.00. The van der Waals surface area contributed by atoms with Crippen LogP contribution in [-0.2, 0) is 4.79 Å². The van der Waals surface area contributed by atoms with Gasteiger partial charge < -0.3 is 15.5 Å². The van der Waals surface area contributed by atoms with E-state index in [1.165, 1.54) is 19.3 Å². The van der Waals surface area contributed by atoms with Gasteiger partial charge in [0.1, 0.15) is 0 Å². The predicted octanol–water partition coefficient (Wildman–Crippen LogP) is 0.977. The van der Waals surface area contributed by atoms with Crippen molar-refractivity contribution in [2.75, 3.05) is 33.2 Å². The van der Waals surface area contributed by atoms with Crippen LogP contribution in [0.4, 0.5) is 0 Å². The van der Waals surface area contributed by atoms with Gasteiger partial charge in [0.25, 0.3) is 0 Å². The summed E-state index contributed by atoms with van der Waals surface area (Å²) in [5.41, 5.74) is 0. The number of hydrogen-bond donors (Lipinski definition) is 2. The van der Waals surface area contributed by atoms with E-state index in [4.69, 9.17) is 0 Å². The van der Waals surface area contributed by atoms with Gasteiger partial charge >= 0.3 is 0 Å². The van der Waals surface area contributed by atoms with E-state index in [9.17, 15) is 4.79 Å². The van der Waals surface area contributed by atoms with Crippen molar-refractivity contribution in [1.29, 1.82) is 0 Å². The summed E-state index contributed by atoms with van der Waals surface area (Å²) in [5.74, 6) is 0.149. The molecule has 0 radical (unpaired) electrons. The Kier molecular flexibility index (Phi) is 7.21. The number of nitrogens with zero attached hydrogens (tertiary/aromatic N) is 1. The highest BCUT2D eigenvalue weighted by Crippen LogP contribution is 2.16. The molecule has 1 amide bonds. The van der Waals surface area contributed by atoms with Crippen molar-refractivity contribution < 1.29 is 4.79 Å². The Morgan fingerprint density at radius 3 is 2.65 bits per heavy atom. The lowest BCUT2D eigenvalue weighted by Crippen LogP contribution is -2.42. The third-order valence-electron chi connectivity index (χ3n) is 3.47. The fourth-order valence-corrected chi connectivity index (χ4v) is 2.16.